The van der Waals surface area contributed by atoms with Crippen LogP contribution in [0.25, 0.3) is 0 Å². The second kappa shape index (κ2) is 7.13. The fourth-order valence-electron chi connectivity index (χ4n) is 2.66. The highest BCUT2D eigenvalue weighted by atomic mass is 35.5. The van der Waals surface area contributed by atoms with Crippen molar-refractivity contribution in [2.75, 3.05) is 11.9 Å². The number of carbonyl (C=O) groups excluding carboxylic acids is 2. The standard InChI is InChI=1S/C17H13ClN2O4S/c18-9-4-5-11(13(21)6-9)17(23)24-8-15(22)20-16-12(7-19)10-2-1-3-14(10)25-16/h4-6,21H,1-3,8H2,(H,20,22). The number of esters is 1. The molecule has 128 valence electrons. The zero-order valence-corrected chi connectivity index (χ0v) is 14.5. The van der Waals surface area contributed by atoms with Gasteiger partial charge in [0.1, 0.15) is 22.4 Å². The molecular weight excluding hydrogens is 364 g/mol. The van der Waals surface area contributed by atoms with Crippen molar-refractivity contribution in [1.29, 1.82) is 5.26 Å². The number of hydrogen-bond donors (Lipinski definition) is 2. The van der Waals surface area contributed by atoms with Crippen molar-refractivity contribution in [3.63, 3.8) is 0 Å². The van der Waals surface area contributed by atoms with Crippen molar-refractivity contribution in [1.82, 2.24) is 0 Å². The molecule has 0 fully saturated rings. The third kappa shape index (κ3) is 3.60. The van der Waals surface area contributed by atoms with Gasteiger partial charge in [-0.1, -0.05) is 11.6 Å². The number of ether oxygens (including phenoxy) is 1. The van der Waals surface area contributed by atoms with Crippen LogP contribution in [0.1, 0.15) is 32.8 Å². The minimum Gasteiger partial charge on any atom is -0.507 e. The number of carbonyl (C=O) groups is 2. The van der Waals surface area contributed by atoms with E-state index in [-0.39, 0.29) is 16.3 Å². The summed E-state index contributed by atoms with van der Waals surface area (Å²) in [5.74, 6) is -1.70. The van der Waals surface area contributed by atoms with E-state index < -0.39 is 18.5 Å². The van der Waals surface area contributed by atoms with Crippen molar-refractivity contribution < 1.29 is 19.4 Å². The van der Waals surface area contributed by atoms with Crippen molar-refractivity contribution in [2.24, 2.45) is 0 Å². The maximum atomic E-state index is 12.0. The Morgan fingerprint density at radius 2 is 2.20 bits per heavy atom. The summed E-state index contributed by atoms with van der Waals surface area (Å²) in [5.41, 5.74) is 1.42. The summed E-state index contributed by atoms with van der Waals surface area (Å²) in [4.78, 5) is 25.0. The van der Waals surface area contributed by atoms with Crippen LogP contribution in [-0.4, -0.2) is 23.6 Å². The highest BCUT2D eigenvalue weighted by Crippen LogP contribution is 2.38. The molecule has 0 unspecified atom stereocenters. The van der Waals surface area contributed by atoms with Crippen LogP contribution in [0, 0.1) is 11.3 Å². The minimum atomic E-state index is -0.835. The van der Waals surface area contributed by atoms with E-state index in [9.17, 15) is 20.0 Å². The van der Waals surface area contributed by atoms with Gasteiger partial charge in [0.05, 0.1) is 5.56 Å². The Morgan fingerprint density at radius 1 is 1.40 bits per heavy atom. The average molecular weight is 377 g/mol. The first-order chi connectivity index (χ1) is 12.0. The van der Waals surface area contributed by atoms with E-state index in [0.717, 1.165) is 29.7 Å². The van der Waals surface area contributed by atoms with E-state index in [4.69, 9.17) is 16.3 Å². The molecule has 1 heterocycles. The minimum absolute atomic E-state index is 0.0787. The number of halogens is 1. The molecule has 8 heteroatoms. The average Bonchev–Trinajstić information content (AvgIpc) is 3.13. The normalized spacial score (nSPS) is 12.3. The van der Waals surface area contributed by atoms with Gasteiger partial charge in [0.25, 0.3) is 5.91 Å². The molecule has 1 aromatic heterocycles. The molecular formula is C17H13ClN2O4S. The first-order valence-electron chi connectivity index (χ1n) is 7.49. The molecule has 0 aliphatic heterocycles. The molecule has 2 N–H and O–H groups in total. The lowest BCUT2D eigenvalue weighted by molar-refractivity contribution is -0.119. The van der Waals surface area contributed by atoms with Gasteiger partial charge in [-0.15, -0.1) is 11.3 Å². The number of nitrogens with zero attached hydrogens (tertiary/aromatic N) is 1. The highest BCUT2D eigenvalue weighted by molar-refractivity contribution is 7.16. The van der Waals surface area contributed by atoms with Gasteiger partial charge in [0.15, 0.2) is 6.61 Å². The maximum Gasteiger partial charge on any atom is 0.342 e. The van der Waals surface area contributed by atoms with Crippen molar-refractivity contribution in [3.05, 3.63) is 44.8 Å². The number of rotatable bonds is 4. The van der Waals surface area contributed by atoms with Crippen LogP contribution in [0.3, 0.4) is 0 Å². The van der Waals surface area contributed by atoms with Gasteiger partial charge in [-0.3, -0.25) is 4.79 Å². The number of hydrogen-bond acceptors (Lipinski definition) is 6. The highest BCUT2D eigenvalue weighted by Gasteiger charge is 2.23. The molecule has 0 bridgehead atoms. The number of benzene rings is 1. The Hall–Kier alpha value is -2.56. The van der Waals surface area contributed by atoms with E-state index >= 15 is 0 Å². The molecule has 0 saturated carbocycles. The van der Waals surface area contributed by atoms with E-state index in [1.807, 2.05) is 0 Å². The summed E-state index contributed by atoms with van der Waals surface area (Å²) in [7, 11) is 0. The number of phenolic OH excluding ortho intramolecular Hbond substituents is 1. The molecule has 1 amide bonds. The predicted molar refractivity (Wildman–Crippen MR) is 93.1 cm³/mol. The maximum absolute atomic E-state index is 12.0. The van der Waals surface area contributed by atoms with E-state index in [1.54, 1.807) is 0 Å². The van der Waals surface area contributed by atoms with Crippen LogP contribution in [0.2, 0.25) is 5.02 Å². The van der Waals surface area contributed by atoms with Gasteiger partial charge in [-0.05, 0) is 43.0 Å². The van der Waals surface area contributed by atoms with Gasteiger partial charge in [0.2, 0.25) is 0 Å². The number of nitriles is 1. The van der Waals surface area contributed by atoms with Crippen LogP contribution in [0.4, 0.5) is 5.00 Å². The first kappa shape index (κ1) is 17.3. The number of aryl methyl sites for hydroxylation is 1. The van der Waals surface area contributed by atoms with Crippen LogP contribution < -0.4 is 5.32 Å². The lowest BCUT2D eigenvalue weighted by Gasteiger charge is -2.07. The lowest BCUT2D eigenvalue weighted by Crippen LogP contribution is -2.21. The van der Waals surface area contributed by atoms with Gasteiger partial charge < -0.3 is 15.2 Å². The largest absolute Gasteiger partial charge is 0.507 e. The molecule has 0 saturated heterocycles. The second-order valence-corrected chi connectivity index (χ2v) is 7.00. The number of phenols is 1. The summed E-state index contributed by atoms with van der Waals surface area (Å²) in [5, 5.41) is 22.3. The summed E-state index contributed by atoms with van der Waals surface area (Å²) in [6.45, 7) is -0.520. The molecule has 1 aliphatic carbocycles. The number of nitrogens with one attached hydrogen (secondary N) is 1. The Kier molecular flexibility index (Phi) is 4.93. The molecule has 0 radical (unpaired) electrons. The molecule has 0 spiro atoms. The predicted octanol–water partition coefficient (Wildman–Crippen LogP) is 3.26. The van der Waals surface area contributed by atoms with E-state index in [1.165, 1.54) is 29.5 Å². The quantitative estimate of drug-likeness (QED) is 0.798. The number of aromatic hydroxyl groups is 1. The fraction of sp³-hybridized carbons (Fsp3) is 0.235. The molecule has 6 nitrogen and oxygen atoms in total. The topological polar surface area (TPSA) is 99.4 Å². The summed E-state index contributed by atoms with van der Waals surface area (Å²) in [6.07, 6.45) is 2.77. The SMILES string of the molecule is N#Cc1c(NC(=O)COC(=O)c2ccc(Cl)cc2O)sc2c1CCC2. The van der Waals surface area contributed by atoms with Crippen LogP contribution in [0.5, 0.6) is 5.75 Å². The first-order valence-corrected chi connectivity index (χ1v) is 8.69. The van der Waals surface area contributed by atoms with Gasteiger partial charge >= 0.3 is 5.97 Å². The lowest BCUT2D eigenvalue weighted by atomic mass is 10.1. The summed E-state index contributed by atoms with van der Waals surface area (Å²) >= 11 is 7.08. The molecule has 1 aliphatic rings. The van der Waals surface area contributed by atoms with E-state index in [2.05, 4.69) is 11.4 Å². The molecule has 25 heavy (non-hydrogen) atoms. The Bertz CT molecular complexity index is 901. The van der Waals surface area contributed by atoms with Crippen molar-refractivity contribution >= 4 is 39.8 Å². The van der Waals surface area contributed by atoms with Crippen LogP contribution in [0.15, 0.2) is 18.2 Å². The number of amides is 1. The second-order valence-electron chi connectivity index (χ2n) is 5.46. The molecule has 0 atom stereocenters. The Balaban J connectivity index is 1.62. The van der Waals surface area contributed by atoms with Gasteiger partial charge in [-0.2, -0.15) is 5.26 Å². The molecule has 1 aromatic carbocycles. The molecule has 2 aromatic rings. The summed E-state index contributed by atoms with van der Waals surface area (Å²) in [6, 6.07) is 6.09. The van der Waals surface area contributed by atoms with Crippen LogP contribution >= 0.6 is 22.9 Å². The number of anilines is 1. The Labute approximate surface area is 152 Å². The van der Waals surface area contributed by atoms with Gasteiger partial charge in [-0.25, -0.2) is 4.79 Å². The summed E-state index contributed by atoms with van der Waals surface area (Å²) < 4.78 is 4.90. The van der Waals surface area contributed by atoms with Gasteiger partial charge in [0, 0.05) is 9.90 Å². The third-order valence-electron chi connectivity index (χ3n) is 3.80. The number of fused-ring (bicyclic) bond motifs is 1. The number of thiophene rings is 1. The Morgan fingerprint density at radius 3 is 2.92 bits per heavy atom. The zero-order chi connectivity index (χ0) is 18.0. The zero-order valence-electron chi connectivity index (χ0n) is 13.0. The van der Waals surface area contributed by atoms with E-state index in [0.29, 0.717) is 10.6 Å². The third-order valence-corrected chi connectivity index (χ3v) is 5.24. The van der Waals surface area contributed by atoms with Crippen molar-refractivity contribution in [3.8, 4) is 11.8 Å². The monoisotopic (exact) mass is 376 g/mol. The fourth-order valence-corrected chi connectivity index (χ4v) is 4.08. The van der Waals surface area contributed by atoms with Crippen LogP contribution in [-0.2, 0) is 22.4 Å². The molecule has 3 rings (SSSR count). The smallest absolute Gasteiger partial charge is 0.342 e. The van der Waals surface area contributed by atoms with Crippen molar-refractivity contribution in [2.45, 2.75) is 19.3 Å².